The first-order valence-electron chi connectivity index (χ1n) is 9.01. The summed E-state index contributed by atoms with van der Waals surface area (Å²) >= 11 is 5.93. The Morgan fingerprint density at radius 2 is 2.00 bits per heavy atom. The molecule has 1 aliphatic heterocycles. The molecular formula is C18H27ClN4O2S. The van der Waals surface area contributed by atoms with Gasteiger partial charge in [0, 0.05) is 23.2 Å². The molecule has 0 fully saturated rings. The zero-order valence-electron chi connectivity index (χ0n) is 15.6. The Morgan fingerprint density at radius 1 is 1.31 bits per heavy atom. The summed E-state index contributed by atoms with van der Waals surface area (Å²) in [4.78, 5) is 4.43. The van der Waals surface area contributed by atoms with Crippen molar-refractivity contribution in [2.45, 2.75) is 51.3 Å². The third kappa shape index (κ3) is 4.98. The molecule has 1 heterocycles. The molecule has 8 heteroatoms. The van der Waals surface area contributed by atoms with Crippen LogP contribution in [0.4, 0.5) is 0 Å². The third-order valence-corrected chi connectivity index (χ3v) is 5.88. The number of sulfonamides is 1. The molecule has 1 N–H and O–H groups in total. The number of halogens is 1. The maximum atomic E-state index is 12.7. The Labute approximate surface area is 161 Å². The van der Waals surface area contributed by atoms with E-state index in [1.54, 1.807) is 17.1 Å². The fourth-order valence-corrected chi connectivity index (χ4v) is 4.56. The molecular weight excluding hydrogens is 372 g/mol. The standard InChI is InChI=1S/C18H27ClN4O2S/c1-4-10-18(11-5-2)13-21-23(14-18)17(20-6-3)22-26(24,25)16-9-7-8-15(19)12-16/h7-9,12-13H,4-6,10-11,14H2,1-3H3,(H,20,22). The fourth-order valence-electron chi connectivity index (χ4n) is 3.24. The van der Waals surface area contributed by atoms with E-state index in [0.717, 1.165) is 25.7 Å². The van der Waals surface area contributed by atoms with Crippen molar-refractivity contribution in [1.82, 2.24) is 9.73 Å². The number of rotatable bonds is 7. The van der Waals surface area contributed by atoms with Crippen LogP contribution in [-0.4, -0.2) is 38.7 Å². The molecule has 6 nitrogen and oxygen atoms in total. The Kier molecular flexibility index (Phi) is 7.06. The van der Waals surface area contributed by atoms with Crippen molar-refractivity contribution in [1.29, 1.82) is 0 Å². The number of nitrogens with one attached hydrogen (secondary N) is 1. The van der Waals surface area contributed by atoms with Crippen LogP contribution in [0.2, 0.25) is 5.02 Å². The van der Waals surface area contributed by atoms with Gasteiger partial charge in [-0.15, -0.1) is 0 Å². The SMILES string of the molecule is CCCC1(CCC)C=NN(C(=NCC)NS(=O)(=O)c2cccc(Cl)c2)C1. The second-order valence-electron chi connectivity index (χ2n) is 6.53. The van der Waals surface area contributed by atoms with Gasteiger partial charge in [-0.05, 0) is 38.0 Å². The quantitative estimate of drug-likeness (QED) is 0.559. The highest BCUT2D eigenvalue weighted by atomic mass is 35.5. The zero-order chi connectivity index (χ0) is 19.2. The van der Waals surface area contributed by atoms with Crippen LogP contribution in [0.3, 0.4) is 0 Å². The molecule has 0 unspecified atom stereocenters. The van der Waals surface area contributed by atoms with Crippen LogP contribution in [-0.2, 0) is 10.0 Å². The van der Waals surface area contributed by atoms with Gasteiger partial charge in [-0.3, -0.25) is 4.99 Å². The van der Waals surface area contributed by atoms with Crippen molar-refractivity contribution < 1.29 is 8.42 Å². The van der Waals surface area contributed by atoms with Crippen molar-refractivity contribution in [3.8, 4) is 0 Å². The molecule has 1 aliphatic rings. The molecule has 0 aromatic heterocycles. The summed E-state index contributed by atoms with van der Waals surface area (Å²) in [6.07, 6.45) is 6.09. The normalized spacial score (nSPS) is 16.9. The van der Waals surface area contributed by atoms with Crippen LogP contribution in [0.25, 0.3) is 0 Å². The van der Waals surface area contributed by atoms with Crippen molar-refractivity contribution in [3.63, 3.8) is 0 Å². The van der Waals surface area contributed by atoms with Crippen LogP contribution in [0, 0.1) is 5.41 Å². The van der Waals surface area contributed by atoms with Gasteiger partial charge in [-0.25, -0.2) is 18.1 Å². The van der Waals surface area contributed by atoms with Crippen LogP contribution >= 0.6 is 11.6 Å². The molecule has 0 aliphatic carbocycles. The third-order valence-electron chi connectivity index (χ3n) is 4.32. The van der Waals surface area contributed by atoms with Gasteiger partial charge < -0.3 is 0 Å². The first kappa shape index (κ1) is 20.7. The number of benzene rings is 1. The van der Waals surface area contributed by atoms with E-state index in [0.29, 0.717) is 18.1 Å². The van der Waals surface area contributed by atoms with Gasteiger partial charge in [0.1, 0.15) is 0 Å². The van der Waals surface area contributed by atoms with Gasteiger partial charge in [0.15, 0.2) is 0 Å². The van der Waals surface area contributed by atoms with E-state index in [9.17, 15) is 8.42 Å². The zero-order valence-corrected chi connectivity index (χ0v) is 17.1. The van der Waals surface area contributed by atoms with E-state index in [2.05, 4.69) is 28.7 Å². The minimum atomic E-state index is -3.78. The molecule has 0 radical (unpaired) electrons. The smallest absolute Gasteiger partial charge is 0.251 e. The molecule has 0 spiro atoms. The van der Waals surface area contributed by atoms with E-state index in [4.69, 9.17) is 11.6 Å². The molecule has 0 atom stereocenters. The predicted molar refractivity (Wildman–Crippen MR) is 107 cm³/mol. The van der Waals surface area contributed by atoms with Crippen LogP contribution in [0.1, 0.15) is 46.5 Å². The van der Waals surface area contributed by atoms with Crippen LogP contribution in [0.15, 0.2) is 39.3 Å². The Balaban J connectivity index is 2.23. The Bertz CT molecular complexity index is 771. The van der Waals surface area contributed by atoms with Crippen LogP contribution < -0.4 is 4.72 Å². The summed E-state index contributed by atoms with van der Waals surface area (Å²) in [7, 11) is -3.78. The van der Waals surface area contributed by atoms with Gasteiger partial charge in [0.2, 0.25) is 5.96 Å². The van der Waals surface area contributed by atoms with Crippen molar-refractivity contribution in [2.24, 2.45) is 15.5 Å². The van der Waals surface area contributed by atoms with E-state index in [-0.39, 0.29) is 16.3 Å². The van der Waals surface area contributed by atoms with E-state index >= 15 is 0 Å². The predicted octanol–water partition coefficient (Wildman–Crippen LogP) is 3.88. The lowest BCUT2D eigenvalue weighted by Gasteiger charge is -2.27. The van der Waals surface area contributed by atoms with E-state index in [1.807, 2.05) is 13.1 Å². The number of hydrogen-bond acceptors (Lipinski definition) is 4. The Morgan fingerprint density at radius 3 is 2.58 bits per heavy atom. The highest BCUT2D eigenvalue weighted by molar-refractivity contribution is 7.90. The summed E-state index contributed by atoms with van der Waals surface area (Å²) < 4.78 is 28.0. The van der Waals surface area contributed by atoms with Gasteiger partial charge in [-0.1, -0.05) is 44.4 Å². The number of hydrogen-bond donors (Lipinski definition) is 1. The van der Waals surface area contributed by atoms with Crippen LogP contribution in [0.5, 0.6) is 0 Å². The molecule has 1 aromatic rings. The first-order valence-corrected chi connectivity index (χ1v) is 10.9. The monoisotopic (exact) mass is 398 g/mol. The number of nitrogens with zero attached hydrogens (tertiary/aromatic N) is 3. The molecule has 0 bridgehead atoms. The van der Waals surface area contributed by atoms with E-state index < -0.39 is 10.0 Å². The van der Waals surface area contributed by atoms with Gasteiger partial charge >= 0.3 is 0 Å². The first-order chi connectivity index (χ1) is 12.4. The van der Waals surface area contributed by atoms with Gasteiger partial charge in [0.25, 0.3) is 10.0 Å². The average molecular weight is 399 g/mol. The molecule has 0 saturated heterocycles. The minimum absolute atomic E-state index is 0.0283. The number of aliphatic imine (C=N–C) groups is 1. The minimum Gasteiger partial charge on any atom is -0.251 e. The molecule has 0 saturated carbocycles. The lowest BCUT2D eigenvalue weighted by atomic mass is 9.81. The van der Waals surface area contributed by atoms with E-state index in [1.165, 1.54) is 12.1 Å². The Hall–Kier alpha value is -1.60. The molecule has 1 aromatic carbocycles. The largest absolute Gasteiger partial charge is 0.264 e. The van der Waals surface area contributed by atoms with Gasteiger partial charge in [0.05, 0.1) is 11.4 Å². The lowest BCUT2D eigenvalue weighted by molar-refractivity contribution is 0.295. The maximum absolute atomic E-state index is 12.7. The maximum Gasteiger partial charge on any atom is 0.264 e. The lowest BCUT2D eigenvalue weighted by Crippen LogP contribution is -2.43. The second-order valence-corrected chi connectivity index (χ2v) is 8.64. The summed E-state index contributed by atoms with van der Waals surface area (Å²) in [5.74, 6) is 0.248. The molecule has 2 rings (SSSR count). The van der Waals surface area contributed by atoms with Gasteiger partial charge in [-0.2, -0.15) is 5.10 Å². The summed E-state index contributed by atoms with van der Waals surface area (Å²) in [6.45, 7) is 7.24. The number of guanidine groups is 1. The highest BCUT2D eigenvalue weighted by Crippen LogP contribution is 2.33. The second kappa shape index (κ2) is 8.86. The molecule has 26 heavy (non-hydrogen) atoms. The topological polar surface area (TPSA) is 74.1 Å². The number of hydrazone groups is 1. The van der Waals surface area contributed by atoms with Crippen molar-refractivity contribution in [2.75, 3.05) is 13.1 Å². The summed E-state index contributed by atoms with van der Waals surface area (Å²) in [5, 5.41) is 6.50. The molecule has 144 valence electrons. The highest BCUT2D eigenvalue weighted by Gasteiger charge is 2.36. The average Bonchev–Trinajstić information content (AvgIpc) is 2.99. The summed E-state index contributed by atoms with van der Waals surface area (Å²) in [6, 6.07) is 6.16. The van der Waals surface area contributed by atoms with Crippen molar-refractivity contribution in [3.05, 3.63) is 29.3 Å². The van der Waals surface area contributed by atoms with Crippen molar-refractivity contribution >= 4 is 33.8 Å². The summed E-state index contributed by atoms with van der Waals surface area (Å²) in [5.41, 5.74) is -0.0283. The molecule has 0 amide bonds. The fraction of sp³-hybridized carbons (Fsp3) is 0.556.